The van der Waals surface area contributed by atoms with E-state index in [2.05, 4.69) is 58.0 Å². The second-order valence-corrected chi connectivity index (χ2v) is 6.28. The summed E-state index contributed by atoms with van der Waals surface area (Å²) in [7, 11) is 0. The molecule has 5 heteroatoms. The number of aromatic nitrogens is 2. The summed E-state index contributed by atoms with van der Waals surface area (Å²) in [6.45, 7) is 6.33. The molecule has 0 unspecified atom stereocenters. The molecule has 0 aromatic carbocycles. The average Bonchev–Trinajstić information content (AvgIpc) is 3.17. The number of unbranched alkanes of at least 4 members (excludes halogenated alkanes) is 1. The van der Waals surface area contributed by atoms with E-state index < -0.39 is 0 Å². The van der Waals surface area contributed by atoms with Crippen molar-refractivity contribution in [2.45, 2.75) is 45.3 Å². The van der Waals surface area contributed by atoms with Gasteiger partial charge >= 0.3 is 0 Å². The van der Waals surface area contributed by atoms with Crippen LogP contribution in [0.15, 0.2) is 42.7 Å². The first-order valence-corrected chi connectivity index (χ1v) is 8.80. The summed E-state index contributed by atoms with van der Waals surface area (Å²) in [6.07, 6.45) is 6.30. The van der Waals surface area contributed by atoms with E-state index >= 15 is 0 Å². The fourth-order valence-electron chi connectivity index (χ4n) is 3.28. The lowest BCUT2D eigenvalue weighted by Gasteiger charge is -2.28. The summed E-state index contributed by atoms with van der Waals surface area (Å²) < 4.78 is 2.30. The number of rotatable bonds is 6. The van der Waals surface area contributed by atoms with Crippen LogP contribution in [0.4, 0.5) is 0 Å². The molecule has 3 rings (SSSR count). The van der Waals surface area contributed by atoms with Gasteiger partial charge in [0.15, 0.2) is 5.11 Å². The number of aryl methyl sites for hydroxylation is 1. The van der Waals surface area contributed by atoms with E-state index in [0.29, 0.717) is 0 Å². The van der Waals surface area contributed by atoms with Gasteiger partial charge in [-0.05, 0) is 49.8 Å². The van der Waals surface area contributed by atoms with E-state index in [1.165, 1.54) is 5.69 Å². The highest BCUT2D eigenvalue weighted by atomic mass is 32.1. The predicted molar refractivity (Wildman–Crippen MR) is 97.2 cm³/mol. The van der Waals surface area contributed by atoms with E-state index in [1.807, 2.05) is 18.3 Å². The first-order chi connectivity index (χ1) is 11.3. The van der Waals surface area contributed by atoms with Gasteiger partial charge in [0.25, 0.3) is 0 Å². The lowest BCUT2D eigenvalue weighted by atomic mass is 10.0. The van der Waals surface area contributed by atoms with E-state index in [1.54, 1.807) is 0 Å². The molecule has 0 radical (unpaired) electrons. The van der Waals surface area contributed by atoms with Crippen LogP contribution in [0.1, 0.15) is 50.2 Å². The van der Waals surface area contributed by atoms with Gasteiger partial charge in [0, 0.05) is 31.2 Å². The van der Waals surface area contributed by atoms with Gasteiger partial charge in [0.1, 0.15) is 0 Å². The molecule has 3 heterocycles. The van der Waals surface area contributed by atoms with Gasteiger partial charge in [-0.3, -0.25) is 4.98 Å². The van der Waals surface area contributed by atoms with Crippen LogP contribution in [0, 0.1) is 0 Å². The Labute approximate surface area is 143 Å². The molecule has 2 aromatic heterocycles. The van der Waals surface area contributed by atoms with Gasteiger partial charge in [-0.2, -0.15) is 0 Å². The third kappa shape index (κ3) is 3.11. The zero-order valence-corrected chi connectivity index (χ0v) is 14.6. The number of hydrogen-bond donors (Lipinski definition) is 1. The largest absolute Gasteiger partial charge is 0.352 e. The van der Waals surface area contributed by atoms with E-state index in [4.69, 9.17) is 12.2 Å². The third-order valence-corrected chi connectivity index (χ3v) is 4.81. The summed E-state index contributed by atoms with van der Waals surface area (Å²) in [5.74, 6) is 0. The van der Waals surface area contributed by atoms with Gasteiger partial charge < -0.3 is 14.8 Å². The zero-order chi connectivity index (χ0) is 16.2. The van der Waals surface area contributed by atoms with Gasteiger partial charge in [-0.1, -0.05) is 19.4 Å². The predicted octanol–water partition coefficient (Wildman–Crippen LogP) is 3.68. The number of thiocarbonyl (C=S) groups is 1. The summed E-state index contributed by atoms with van der Waals surface area (Å²) in [5, 5.41) is 4.34. The Morgan fingerprint density at radius 2 is 2.09 bits per heavy atom. The van der Waals surface area contributed by atoms with Crippen LogP contribution in [0.3, 0.4) is 0 Å². The monoisotopic (exact) mass is 328 g/mol. The average molecular weight is 328 g/mol. The maximum absolute atomic E-state index is 5.64. The standard InChI is InChI=1S/C18H24N4S/c1-3-5-13-22-17(15-10-8-12-21(15)4-2)16(20-18(22)23)14-9-6-7-11-19-14/h6-12,16-17H,3-5,13H2,1-2H3,(H,20,23)/t16-,17+/m0/s1. The van der Waals surface area contributed by atoms with Crippen LogP contribution >= 0.6 is 12.2 Å². The molecule has 0 amide bonds. The Kier molecular flexibility index (Phi) is 4.96. The molecule has 1 fully saturated rings. The van der Waals surface area contributed by atoms with Crippen LogP contribution < -0.4 is 5.32 Å². The SMILES string of the molecule is CCCCN1C(=S)N[C@@H](c2ccccn2)[C@H]1c1cccn1CC. The van der Waals surface area contributed by atoms with Gasteiger partial charge in [0.2, 0.25) is 0 Å². The fourth-order valence-corrected chi connectivity index (χ4v) is 3.61. The van der Waals surface area contributed by atoms with Crippen LogP contribution in [-0.4, -0.2) is 26.1 Å². The molecule has 23 heavy (non-hydrogen) atoms. The topological polar surface area (TPSA) is 33.1 Å². The van der Waals surface area contributed by atoms with Crippen LogP contribution in [-0.2, 0) is 6.54 Å². The van der Waals surface area contributed by atoms with Crippen molar-refractivity contribution >= 4 is 17.3 Å². The normalized spacial score (nSPS) is 20.8. The molecule has 4 nitrogen and oxygen atoms in total. The summed E-state index contributed by atoms with van der Waals surface area (Å²) >= 11 is 5.64. The minimum absolute atomic E-state index is 0.0979. The summed E-state index contributed by atoms with van der Waals surface area (Å²) in [6, 6.07) is 10.7. The maximum Gasteiger partial charge on any atom is 0.170 e. The summed E-state index contributed by atoms with van der Waals surface area (Å²) in [5.41, 5.74) is 2.34. The Morgan fingerprint density at radius 3 is 2.78 bits per heavy atom. The highest BCUT2D eigenvalue weighted by molar-refractivity contribution is 7.80. The Balaban J connectivity index is 2.00. The van der Waals surface area contributed by atoms with Crippen LogP contribution in [0.25, 0.3) is 0 Å². The van der Waals surface area contributed by atoms with Crippen LogP contribution in [0.5, 0.6) is 0 Å². The first kappa shape index (κ1) is 16.0. The molecule has 1 aliphatic heterocycles. The highest BCUT2D eigenvalue weighted by Gasteiger charge is 2.40. The van der Waals surface area contributed by atoms with Crippen molar-refractivity contribution in [1.82, 2.24) is 19.8 Å². The number of pyridine rings is 1. The fraction of sp³-hybridized carbons (Fsp3) is 0.444. The number of nitrogens with one attached hydrogen (secondary N) is 1. The molecular weight excluding hydrogens is 304 g/mol. The molecule has 0 aliphatic carbocycles. The van der Waals surface area contributed by atoms with Crippen molar-refractivity contribution in [2.75, 3.05) is 6.54 Å². The van der Waals surface area contributed by atoms with E-state index in [0.717, 1.165) is 36.7 Å². The molecule has 0 spiro atoms. The highest BCUT2D eigenvalue weighted by Crippen LogP contribution is 2.38. The number of nitrogens with zero attached hydrogens (tertiary/aromatic N) is 3. The second-order valence-electron chi connectivity index (χ2n) is 5.89. The molecule has 1 aliphatic rings. The number of hydrogen-bond acceptors (Lipinski definition) is 2. The smallest absolute Gasteiger partial charge is 0.170 e. The van der Waals surface area contributed by atoms with E-state index in [9.17, 15) is 0 Å². The third-order valence-electron chi connectivity index (χ3n) is 4.46. The Bertz CT molecular complexity index is 652. The lowest BCUT2D eigenvalue weighted by molar-refractivity contribution is 0.299. The van der Waals surface area contributed by atoms with Gasteiger partial charge in [0.05, 0.1) is 17.8 Å². The molecule has 0 bridgehead atoms. The second kappa shape index (κ2) is 7.13. The molecule has 1 N–H and O–H groups in total. The maximum atomic E-state index is 5.64. The summed E-state index contributed by atoms with van der Waals surface area (Å²) in [4.78, 5) is 6.90. The van der Waals surface area contributed by atoms with Crippen molar-refractivity contribution in [3.8, 4) is 0 Å². The van der Waals surface area contributed by atoms with Gasteiger partial charge in [-0.25, -0.2) is 0 Å². The van der Waals surface area contributed by atoms with Crippen molar-refractivity contribution in [2.24, 2.45) is 0 Å². The lowest BCUT2D eigenvalue weighted by Crippen LogP contribution is -2.31. The molecule has 122 valence electrons. The van der Waals surface area contributed by atoms with Crippen molar-refractivity contribution in [3.05, 3.63) is 54.1 Å². The molecule has 2 aromatic rings. The van der Waals surface area contributed by atoms with E-state index in [-0.39, 0.29) is 12.1 Å². The molecule has 2 atom stereocenters. The Hall–Kier alpha value is -1.88. The zero-order valence-electron chi connectivity index (χ0n) is 13.8. The van der Waals surface area contributed by atoms with Crippen molar-refractivity contribution < 1.29 is 0 Å². The molecule has 0 saturated carbocycles. The van der Waals surface area contributed by atoms with Gasteiger partial charge in [-0.15, -0.1) is 0 Å². The molecule has 1 saturated heterocycles. The minimum atomic E-state index is 0.0979. The minimum Gasteiger partial charge on any atom is -0.352 e. The van der Waals surface area contributed by atoms with Crippen molar-refractivity contribution in [3.63, 3.8) is 0 Å². The van der Waals surface area contributed by atoms with Crippen LogP contribution in [0.2, 0.25) is 0 Å². The van der Waals surface area contributed by atoms with Crippen molar-refractivity contribution in [1.29, 1.82) is 0 Å². The Morgan fingerprint density at radius 1 is 1.22 bits per heavy atom. The quantitative estimate of drug-likeness (QED) is 0.820. The molecular formula is C18H24N4S. The first-order valence-electron chi connectivity index (χ1n) is 8.39.